The molecule has 1 amide bonds. The van der Waals surface area contributed by atoms with Gasteiger partial charge in [0.1, 0.15) is 6.61 Å². The van der Waals surface area contributed by atoms with Crippen LogP contribution in [0.4, 0.5) is 4.79 Å². The number of ether oxygens (including phenoxy) is 3. The molecule has 0 saturated carbocycles. The molecular formula is C18H23NO5. The third-order valence-electron chi connectivity index (χ3n) is 4.73. The maximum absolute atomic E-state index is 12.6. The molecule has 0 bridgehead atoms. The minimum absolute atomic E-state index is 0.00241. The highest BCUT2D eigenvalue weighted by Crippen LogP contribution is 2.36. The Kier molecular flexibility index (Phi) is 4.92. The van der Waals surface area contributed by atoms with Gasteiger partial charge in [0, 0.05) is 18.7 Å². The molecule has 3 rings (SSSR count). The first-order chi connectivity index (χ1) is 11.6. The third-order valence-corrected chi connectivity index (χ3v) is 4.73. The van der Waals surface area contributed by atoms with Crippen LogP contribution in [-0.2, 0) is 11.2 Å². The lowest BCUT2D eigenvalue weighted by atomic mass is 10.1. The average Bonchev–Trinajstić information content (AvgIpc) is 2.94. The summed E-state index contributed by atoms with van der Waals surface area (Å²) in [6.45, 7) is 1.60. The Labute approximate surface area is 141 Å². The van der Waals surface area contributed by atoms with Crippen LogP contribution in [0.15, 0.2) is 12.1 Å². The van der Waals surface area contributed by atoms with Crippen molar-refractivity contribution in [1.29, 1.82) is 0 Å². The zero-order valence-corrected chi connectivity index (χ0v) is 14.2. The number of carbonyl (C=O) groups excluding carboxylic acids is 2. The van der Waals surface area contributed by atoms with Gasteiger partial charge in [-0.25, -0.2) is 4.79 Å². The second kappa shape index (κ2) is 7.11. The fourth-order valence-corrected chi connectivity index (χ4v) is 3.37. The van der Waals surface area contributed by atoms with Gasteiger partial charge >= 0.3 is 6.09 Å². The van der Waals surface area contributed by atoms with Crippen LogP contribution in [0.25, 0.3) is 0 Å². The molecule has 1 aromatic carbocycles. The average molecular weight is 333 g/mol. The Morgan fingerprint density at radius 3 is 2.46 bits per heavy atom. The van der Waals surface area contributed by atoms with E-state index in [0.717, 1.165) is 37.9 Å². The zero-order chi connectivity index (χ0) is 17.1. The number of fused-ring (bicyclic) bond motifs is 1. The first-order valence-corrected chi connectivity index (χ1v) is 8.35. The number of rotatable bonds is 4. The van der Waals surface area contributed by atoms with Crippen molar-refractivity contribution >= 4 is 11.9 Å². The van der Waals surface area contributed by atoms with Gasteiger partial charge in [-0.3, -0.25) is 4.79 Å². The van der Waals surface area contributed by atoms with Crippen LogP contribution in [-0.4, -0.2) is 50.7 Å². The molecule has 130 valence electrons. The molecular weight excluding hydrogens is 310 g/mol. The largest absolute Gasteiger partial charge is 0.493 e. The van der Waals surface area contributed by atoms with E-state index in [-0.39, 0.29) is 24.4 Å². The lowest BCUT2D eigenvalue weighted by Gasteiger charge is -2.26. The van der Waals surface area contributed by atoms with E-state index >= 15 is 0 Å². The first kappa shape index (κ1) is 16.6. The van der Waals surface area contributed by atoms with Crippen molar-refractivity contribution in [3.8, 4) is 11.5 Å². The molecule has 0 spiro atoms. The van der Waals surface area contributed by atoms with Crippen molar-refractivity contribution in [1.82, 2.24) is 4.90 Å². The van der Waals surface area contributed by atoms with E-state index in [1.807, 2.05) is 6.07 Å². The molecule has 6 heteroatoms. The number of Topliss-reactive ketones (excluding diaryl/α,β-unsaturated/α-hetero) is 1. The smallest absolute Gasteiger partial charge is 0.409 e. The predicted octanol–water partition coefficient (Wildman–Crippen LogP) is 2.68. The van der Waals surface area contributed by atoms with Crippen molar-refractivity contribution in [2.24, 2.45) is 5.92 Å². The van der Waals surface area contributed by atoms with E-state index in [1.165, 1.54) is 0 Å². The topological polar surface area (TPSA) is 65.1 Å². The number of carbonyl (C=O) groups is 2. The number of hydrogen-bond acceptors (Lipinski definition) is 5. The van der Waals surface area contributed by atoms with Gasteiger partial charge in [0.25, 0.3) is 0 Å². The minimum Gasteiger partial charge on any atom is -0.493 e. The summed E-state index contributed by atoms with van der Waals surface area (Å²) in [7, 11) is 3.11. The molecule has 24 heavy (non-hydrogen) atoms. The standard InChI is InChI=1S/C18H23NO5/c1-22-15-9-12-8-13(17(20)14(12)10-16(15)23-2)11-24-18(21)19-6-4-3-5-7-19/h9-10,13H,3-8,11H2,1-2H3. The van der Waals surface area contributed by atoms with Gasteiger partial charge in [-0.15, -0.1) is 0 Å². The Bertz CT molecular complexity index is 637. The SMILES string of the molecule is COc1cc2c(cc1OC)C(=O)C(COC(=O)N1CCCCC1)C2. The monoisotopic (exact) mass is 333 g/mol. The van der Waals surface area contributed by atoms with Crippen molar-refractivity contribution in [2.45, 2.75) is 25.7 Å². The minimum atomic E-state index is -0.328. The van der Waals surface area contributed by atoms with Crippen molar-refractivity contribution in [3.63, 3.8) is 0 Å². The van der Waals surface area contributed by atoms with E-state index in [0.29, 0.717) is 23.5 Å². The van der Waals surface area contributed by atoms with E-state index in [4.69, 9.17) is 14.2 Å². The van der Waals surface area contributed by atoms with E-state index in [1.54, 1.807) is 25.2 Å². The van der Waals surface area contributed by atoms with Crippen LogP contribution in [0.5, 0.6) is 11.5 Å². The maximum Gasteiger partial charge on any atom is 0.409 e. The van der Waals surface area contributed by atoms with Gasteiger partial charge in [-0.2, -0.15) is 0 Å². The summed E-state index contributed by atoms with van der Waals surface area (Å²) in [5, 5.41) is 0. The van der Waals surface area contributed by atoms with Crippen molar-refractivity contribution in [3.05, 3.63) is 23.3 Å². The molecule has 1 aliphatic heterocycles. The molecule has 2 aliphatic rings. The summed E-state index contributed by atoms with van der Waals surface area (Å²) < 4.78 is 15.9. The first-order valence-electron chi connectivity index (χ1n) is 8.35. The van der Waals surface area contributed by atoms with Gasteiger partial charge in [-0.05, 0) is 43.4 Å². The van der Waals surface area contributed by atoms with E-state index in [9.17, 15) is 9.59 Å². The number of hydrogen-bond donors (Lipinski definition) is 0. The molecule has 1 atom stereocenters. The summed E-state index contributed by atoms with van der Waals surface area (Å²) in [6.07, 6.45) is 3.44. The zero-order valence-electron chi connectivity index (χ0n) is 14.2. The summed E-state index contributed by atoms with van der Waals surface area (Å²) in [5.74, 6) is 0.813. The van der Waals surface area contributed by atoms with Gasteiger partial charge in [-0.1, -0.05) is 0 Å². The predicted molar refractivity (Wildman–Crippen MR) is 87.8 cm³/mol. The number of methoxy groups -OCH3 is 2. The van der Waals surface area contributed by atoms with Crippen LogP contribution in [0.2, 0.25) is 0 Å². The maximum atomic E-state index is 12.6. The van der Waals surface area contributed by atoms with Crippen molar-refractivity contribution in [2.75, 3.05) is 33.9 Å². The Morgan fingerprint density at radius 1 is 1.12 bits per heavy atom. The molecule has 6 nitrogen and oxygen atoms in total. The number of benzene rings is 1. The van der Waals surface area contributed by atoms with Crippen LogP contribution in [0.3, 0.4) is 0 Å². The van der Waals surface area contributed by atoms with E-state index < -0.39 is 0 Å². The fourth-order valence-electron chi connectivity index (χ4n) is 3.37. The molecule has 1 aliphatic carbocycles. The Morgan fingerprint density at radius 2 is 1.79 bits per heavy atom. The third kappa shape index (κ3) is 3.18. The number of ketones is 1. The van der Waals surface area contributed by atoms with Gasteiger partial charge in [0.15, 0.2) is 17.3 Å². The van der Waals surface area contributed by atoms with Crippen LogP contribution < -0.4 is 9.47 Å². The fraction of sp³-hybridized carbons (Fsp3) is 0.556. The highest BCUT2D eigenvalue weighted by Gasteiger charge is 2.33. The normalized spacial score (nSPS) is 19.8. The molecule has 0 N–H and O–H groups in total. The van der Waals surface area contributed by atoms with Gasteiger partial charge in [0.05, 0.1) is 20.1 Å². The summed E-state index contributed by atoms with van der Waals surface area (Å²) in [4.78, 5) is 26.4. The van der Waals surface area contributed by atoms with Crippen molar-refractivity contribution < 1.29 is 23.8 Å². The summed E-state index contributed by atoms with van der Waals surface area (Å²) in [6, 6.07) is 3.54. The van der Waals surface area contributed by atoms with Gasteiger partial charge < -0.3 is 19.1 Å². The highest BCUT2D eigenvalue weighted by atomic mass is 16.6. The number of nitrogens with zero attached hydrogens (tertiary/aromatic N) is 1. The second-order valence-corrected chi connectivity index (χ2v) is 6.25. The number of amides is 1. The van der Waals surface area contributed by atoms with Gasteiger partial charge in [0.2, 0.25) is 0 Å². The molecule has 0 radical (unpaired) electrons. The highest BCUT2D eigenvalue weighted by molar-refractivity contribution is 6.03. The van der Waals surface area contributed by atoms with Crippen LogP contribution in [0, 0.1) is 5.92 Å². The molecule has 1 fully saturated rings. The lowest BCUT2D eigenvalue weighted by Crippen LogP contribution is -2.37. The van der Waals surface area contributed by atoms with Crippen LogP contribution in [0.1, 0.15) is 35.2 Å². The molecule has 0 aromatic heterocycles. The van der Waals surface area contributed by atoms with E-state index in [2.05, 4.69) is 0 Å². The molecule has 1 aromatic rings. The quantitative estimate of drug-likeness (QED) is 0.847. The number of piperidine rings is 1. The Balaban J connectivity index is 1.64. The van der Waals surface area contributed by atoms with Crippen LogP contribution >= 0.6 is 0 Å². The summed E-state index contributed by atoms with van der Waals surface area (Å²) in [5.41, 5.74) is 1.54. The lowest BCUT2D eigenvalue weighted by molar-refractivity contribution is 0.0710. The number of likely N-dealkylation sites (tertiary alicyclic amines) is 1. The molecule has 1 unspecified atom stereocenters. The summed E-state index contributed by atoms with van der Waals surface area (Å²) >= 11 is 0. The molecule has 1 saturated heterocycles. The molecule has 1 heterocycles. The second-order valence-electron chi connectivity index (χ2n) is 6.25. The Hall–Kier alpha value is -2.24.